The van der Waals surface area contributed by atoms with Gasteiger partial charge in [0.25, 0.3) is 0 Å². The van der Waals surface area contributed by atoms with Crippen molar-refractivity contribution >= 4 is 11.9 Å². The summed E-state index contributed by atoms with van der Waals surface area (Å²) in [6, 6.07) is 14.4. The maximum atomic E-state index is 12.3. The number of guanidine groups is 1. The molecule has 2 N–H and O–H groups in total. The summed E-state index contributed by atoms with van der Waals surface area (Å²) in [6.45, 7) is 5.84. The van der Waals surface area contributed by atoms with Gasteiger partial charge in [0.05, 0.1) is 6.54 Å². The van der Waals surface area contributed by atoms with E-state index in [0.29, 0.717) is 18.4 Å². The second-order valence-electron chi connectivity index (χ2n) is 7.00. The summed E-state index contributed by atoms with van der Waals surface area (Å²) in [7, 11) is 3.52. The third-order valence-corrected chi connectivity index (χ3v) is 4.71. The number of amides is 1. The Labute approximate surface area is 168 Å². The molecule has 0 saturated heterocycles. The molecule has 0 fully saturated rings. The number of aliphatic imine (C=N–C) groups is 1. The van der Waals surface area contributed by atoms with E-state index in [1.165, 1.54) is 11.1 Å². The van der Waals surface area contributed by atoms with Crippen LogP contribution in [0, 0.1) is 6.92 Å². The molecular formula is C22H31N5O. The van der Waals surface area contributed by atoms with Gasteiger partial charge in [-0.1, -0.05) is 42.8 Å². The summed E-state index contributed by atoms with van der Waals surface area (Å²) in [5.41, 5.74) is 3.52. The Balaban J connectivity index is 1.73. The molecule has 1 unspecified atom stereocenters. The highest BCUT2D eigenvalue weighted by atomic mass is 16.2. The summed E-state index contributed by atoms with van der Waals surface area (Å²) in [5.74, 6) is 0.992. The number of hydrogen-bond donors (Lipinski definition) is 2. The molecule has 0 saturated carbocycles. The summed E-state index contributed by atoms with van der Waals surface area (Å²) < 4.78 is 0. The molecule has 150 valence electrons. The molecule has 0 aliphatic rings. The molecule has 0 spiro atoms. The highest BCUT2D eigenvalue weighted by molar-refractivity contribution is 5.86. The molecule has 1 amide bonds. The smallest absolute Gasteiger partial charge is 0.241 e. The van der Waals surface area contributed by atoms with Crippen LogP contribution in [0.4, 0.5) is 0 Å². The van der Waals surface area contributed by atoms with Crippen LogP contribution in [-0.4, -0.2) is 55.5 Å². The van der Waals surface area contributed by atoms with Crippen molar-refractivity contribution in [3.05, 3.63) is 65.5 Å². The van der Waals surface area contributed by atoms with Crippen LogP contribution < -0.4 is 10.6 Å². The van der Waals surface area contributed by atoms with E-state index in [0.717, 1.165) is 18.7 Å². The zero-order valence-electron chi connectivity index (χ0n) is 17.3. The first kappa shape index (κ1) is 21.4. The number of hydrogen-bond acceptors (Lipinski definition) is 3. The first-order chi connectivity index (χ1) is 13.5. The van der Waals surface area contributed by atoms with Crippen molar-refractivity contribution in [1.29, 1.82) is 0 Å². The van der Waals surface area contributed by atoms with E-state index in [-0.39, 0.29) is 12.5 Å². The molecule has 28 heavy (non-hydrogen) atoms. The van der Waals surface area contributed by atoms with Crippen molar-refractivity contribution in [1.82, 2.24) is 20.5 Å². The molecule has 1 aromatic carbocycles. The van der Waals surface area contributed by atoms with Crippen molar-refractivity contribution < 1.29 is 4.79 Å². The van der Waals surface area contributed by atoms with Gasteiger partial charge in [-0.25, -0.2) is 0 Å². The van der Waals surface area contributed by atoms with Gasteiger partial charge in [0.1, 0.15) is 0 Å². The zero-order valence-corrected chi connectivity index (χ0v) is 17.3. The van der Waals surface area contributed by atoms with Gasteiger partial charge in [-0.15, -0.1) is 0 Å². The predicted octanol–water partition coefficient (Wildman–Crippen LogP) is 2.36. The summed E-state index contributed by atoms with van der Waals surface area (Å²) in [5, 5.41) is 6.39. The van der Waals surface area contributed by atoms with Gasteiger partial charge < -0.3 is 15.5 Å². The Bertz CT molecular complexity index is 758. The van der Waals surface area contributed by atoms with Gasteiger partial charge >= 0.3 is 0 Å². The minimum atomic E-state index is 0.0189. The lowest BCUT2D eigenvalue weighted by molar-refractivity contribution is -0.128. The van der Waals surface area contributed by atoms with Crippen LogP contribution in [0.1, 0.15) is 29.7 Å². The molecule has 6 nitrogen and oxygen atoms in total. The highest BCUT2D eigenvalue weighted by Crippen LogP contribution is 2.14. The van der Waals surface area contributed by atoms with Crippen molar-refractivity contribution in [2.45, 2.75) is 26.2 Å². The molecule has 0 radical (unpaired) electrons. The van der Waals surface area contributed by atoms with Crippen molar-refractivity contribution in [2.24, 2.45) is 4.99 Å². The Kier molecular flexibility index (Phi) is 8.46. The maximum Gasteiger partial charge on any atom is 0.241 e. The Morgan fingerprint density at radius 1 is 1.18 bits per heavy atom. The summed E-state index contributed by atoms with van der Waals surface area (Å²) in [4.78, 5) is 22.5. The fourth-order valence-corrected chi connectivity index (χ4v) is 2.73. The minimum Gasteiger partial charge on any atom is -0.356 e. The van der Waals surface area contributed by atoms with Crippen LogP contribution >= 0.6 is 0 Å². The molecular weight excluding hydrogens is 350 g/mol. The molecule has 0 aliphatic heterocycles. The van der Waals surface area contributed by atoms with Gasteiger partial charge in [-0.3, -0.25) is 14.8 Å². The first-order valence-corrected chi connectivity index (χ1v) is 9.64. The number of carbonyl (C=O) groups is 1. The van der Waals surface area contributed by atoms with Crippen LogP contribution in [0.2, 0.25) is 0 Å². The van der Waals surface area contributed by atoms with Gasteiger partial charge in [0.2, 0.25) is 5.91 Å². The lowest BCUT2D eigenvalue weighted by Gasteiger charge is -2.19. The second kappa shape index (κ2) is 11.1. The van der Waals surface area contributed by atoms with E-state index < -0.39 is 0 Å². The molecule has 2 rings (SSSR count). The third-order valence-electron chi connectivity index (χ3n) is 4.71. The number of pyridine rings is 1. The number of carbonyl (C=O) groups excluding carboxylic acids is 1. The molecule has 1 aromatic heterocycles. The van der Waals surface area contributed by atoms with E-state index in [1.807, 2.05) is 25.2 Å². The number of nitrogens with one attached hydrogen (secondary N) is 2. The van der Waals surface area contributed by atoms with E-state index in [1.54, 1.807) is 18.1 Å². The monoisotopic (exact) mass is 381 g/mol. The van der Waals surface area contributed by atoms with Crippen molar-refractivity contribution in [2.75, 3.05) is 33.7 Å². The largest absolute Gasteiger partial charge is 0.356 e. The second-order valence-corrected chi connectivity index (χ2v) is 7.00. The van der Waals surface area contributed by atoms with Crippen LogP contribution in [-0.2, 0) is 11.2 Å². The quantitative estimate of drug-likeness (QED) is 0.544. The third kappa shape index (κ3) is 7.02. The standard InChI is InChI=1S/C22H31N5O/c1-17-8-10-19(11-9-17)18(2)15-25-22(23-3)26-16-21(28)27(4)14-12-20-7-5-6-13-24-20/h5-11,13,18H,12,14-16H2,1-4H3,(H2,23,25,26). The van der Waals surface area contributed by atoms with Crippen LogP contribution in [0.15, 0.2) is 53.7 Å². The Morgan fingerprint density at radius 3 is 2.57 bits per heavy atom. The number of rotatable bonds is 8. The van der Waals surface area contributed by atoms with E-state index in [4.69, 9.17) is 0 Å². The fourth-order valence-electron chi connectivity index (χ4n) is 2.73. The number of aromatic nitrogens is 1. The lowest BCUT2D eigenvalue weighted by Crippen LogP contribution is -2.44. The molecule has 2 aromatic rings. The summed E-state index contributed by atoms with van der Waals surface area (Å²) in [6.07, 6.45) is 2.51. The van der Waals surface area contributed by atoms with Gasteiger partial charge in [0.15, 0.2) is 5.96 Å². The number of nitrogens with zero attached hydrogens (tertiary/aromatic N) is 3. The summed E-state index contributed by atoms with van der Waals surface area (Å²) >= 11 is 0. The van der Waals surface area contributed by atoms with Gasteiger partial charge in [-0.05, 0) is 30.5 Å². The Morgan fingerprint density at radius 2 is 1.93 bits per heavy atom. The normalized spacial score (nSPS) is 12.4. The minimum absolute atomic E-state index is 0.0189. The molecule has 1 heterocycles. The van der Waals surface area contributed by atoms with E-state index in [2.05, 4.69) is 58.7 Å². The predicted molar refractivity (Wildman–Crippen MR) is 115 cm³/mol. The topological polar surface area (TPSA) is 69.6 Å². The highest BCUT2D eigenvalue weighted by Gasteiger charge is 2.11. The maximum absolute atomic E-state index is 12.3. The number of aryl methyl sites for hydroxylation is 1. The van der Waals surface area contributed by atoms with Crippen molar-refractivity contribution in [3.8, 4) is 0 Å². The molecule has 0 aliphatic carbocycles. The molecule has 6 heteroatoms. The SMILES string of the molecule is CN=C(NCC(=O)N(C)CCc1ccccn1)NCC(C)c1ccc(C)cc1. The average molecular weight is 382 g/mol. The van der Waals surface area contributed by atoms with Gasteiger partial charge in [-0.2, -0.15) is 0 Å². The van der Waals surface area contributed by atoms with Crippen molar-refractivity contribution in [3.63, 3.8) is 0 Å². The fraction of sp³-hybridized carbons (Fsp3) is 0.409. The first-order valence-electron chi connectivity index (χ1n) is 9.64. The number of likely N-dealkylation sites (N-methyl/N-ethyl adjacent to an activating group) is 1. The lowest BCUT2D eigenvalue weighted by atomic mass is 10.0. The van der Waals surface area contributed by atoms with Crippen LogP contribution in [0.3, 0.4) is 0 Å². The van der Waals surface area contributed by atoms with E-state index >= 15 is 0 Å². The average Bonchev–Trinajstić information content (AvgIpc) is 2.73. The van der Waals surface area contributed by atoms with Gasteiger partial charge in [0, 0.05) is 45.5 Å². The Hall–Kier alpha value is -2.89. The van der Waals surface area contributed by atoms with E-state index in [9.17, 15) is 4.79 Å². The van der Waals surface area contributed by atoms with Crippen LogP contribution in [0.25, 0.3) is 0 Å². The molecule has 0 bridgehead atoms. The molecule has 1 atom stereocenters. The number of benzene rings is 1. The van der Waals surface area contributed by atoms with Crippen LogP contribution in [0.5, 0.6) is 0 Å². The zero-order chi connectivity index (χ0) is 20.4.